The largest absolute Gasteiger partial charge is 0.444 e. The number of amides is 1. The van der Waals surface area contributed by atoms with Gasteiger partial charge in [0.05, 0.1) is 5.69 Å². The van der Waals surface area contributed by atoms with E-state index >= 15 is 0 Å². The zero-order valence-corrected chi connectivity index (χ0v) is 11.6. The maximum atomic E-state index is 12.3. The molecule has 0 aliphatic rings. The van der Waals surface area contributed by atoms with E-state index < -0.39 is 18.3 Å². The molecule has 5 nitrogen and oxygen atoms in total. The lowest BCUT2D eigenvalue weighted by Gasteiger charge is -2.20. The summed E-state index contributed by atoms with van der Waals surface area (Å²) < 4.78 is 34.0. The number of nitrogens with one attached hydrogen (secondary N) is 1. The molecular weight excluding hydrogens is 270 g/mol. The number of alkyl halides is 2. The number of alkyl carbamates (subject to hydrolysis) is 1. The third kappa shape index (κ3) is 5.29. The third-order valence-corrected chi connectivity index (χ3v) is 2.16. The molecule has 0 bridgehead atoms. The van der Waals surface area contributed by atoms with Crippen molar-refractivity contribution in [1.29, 1.82) is 0 Å². The smallest absolute Gasteiger partial charge is 0.407 e. The molecule has 3 N–H and O–H groups in total. The zero-order chi connectivity index (χ0) is 15.3. The standard InChI is InChI=1S/C13H18F2N2O3/c1-13(2,3)20-12(18)17-7-8-5-4-6-9(16)10(8)19-11(14)15/h4-6,11H,7,16H2,1-3H3,(H,17,18). The number of benzene rings is 1. The van der Waals surface area contributed by atoms with Crippen molar-refractivity contribution in [2.45, 2.75) is 39.5 Å². The molecule has 0 aliphatic carbocycles. The van der Waals surface area contributed by atoms with Crippen LogP contribution in [0, 0.1) is 0 Å². The van der Waals surface area contributed by atoms with Crippen molar-refractivity contribution in [2.24, 2.45) is 0 Å². The normalized spacial score (nSPS) is 11.3. The highest BCUT2D eigenvalue weighted by molar-refractivity contribution is 5.68. The Labute approximate surface area is 116 Å². The molecule has 1 aromatic rings. The predicted molar refractivity (Wildman–Crippen MR) is 70.6 cm³/mol. The maximum Gasteiger partial charge on any atom is 0.407 e. The van der Waals surface area contributed by atoms with Crippen molar-refractivity contribution >= 4 is 11.8 Å². The Morgan fingerprint density at radius 3 is 2.60 bits per heavy atom. The summed E-state index contributed by atoms with van der Waals surface area (Å²) in [5, 5.41) is 2.45. The maximum absolute atomic E-state index is 12.3. The Hall–Kier alpha value is -2.05. The van der Waals surface area contributed by atoms with Crippen LogP contribution in [0.4, 0.5) is 19.3 Å². The second-order valence-corrected chi connectivity index (χ2v) is 5.07. The summed E-state index contributed by atoms with van der Waals surface area (Å²) in [5.41, 5.74) is 5.36. The lowest BCUT2D eigenvalue weighted by Crippen LogP contribution is -2.32. The van der Waals surface area contributed by atoms with Crippen molar-refractivity contribution < 1.29 is 23.0 Å². The van der Waals surface area contributed by atoms with Crippen LogP contribution in [-0.4, -0.2) is 18.3 Å². The van der Waals surface area contributed by atoms with Crippen LogP contribution in [0.1, 0.15) is 26.3 Å². The van der Waals surface area contributed by atoms with E-state index in [-0.39, 0.29) is 18.0 Å². The molecule has 0 aliphatic heterocycles. The number of para-hydroxylation sites is 1. The molecule has 0 saturated heterocycles. The van der Waals surface area contributed by atoms with E-state index in [1.807, 2.05) is 0 Å². The molecule has 0 atom stereocenters. The summed E-state index contributed by atoms with van der Waals surface area (Å²) in [6.07, 6.45) is -0.650. The summed E-state index contributed by atoms with van der Waals surface area (Å²) in [4.78, 5) is 11.5. The van der Waals surface area contributed by atoms with Crippen molar-refractivity contribution in [1.82, 2.24) is 5.32 Å². The summed E-state index contributed by atoms with van der Waals surface area (Å²) >= 11 is 0. The molecule has 0 aromatic heterocycles. The first kappa shape index (κ1) is 16.0. The summed E-state index contributed by atoms with van der Waals surface area (Å²) in [6.45, 7) is 2.15. The van der Waals surface area contributed by atoms with E-state index in [0.29, 0.717) is 5.56 Å². The average molecular weight is 288 g/mol. The summed E-state index contributed by atoms with van der Waals surface area (Å²) in [7, 11) is 0. The van der Waals surface area contributed by atoms with Crippen molar-refractivity contribution in [2.75, 3.05) is 5.73 Å². The van der Waals surface area contributed by atoms with E-state index in [1.165, 1.54) is 12.1 Å². The number of hydrogen-bond acceptors (Lipinski definition) is 4. The molecule has 1 aromatic carbocycles. The minimum Gasteiger partial charge on any atom is -0.444 e. The Morgan fingerprint density at radius 2 is 2.05 bits per heavy atom. The molecule has 0 unspecified atom stereocenters. The van der Waals surface area contributed by atoms with Gasteiger partial charge in [-0.05, 0) is 26.8 Å². The highest BCUT2D eigenvalue weighted by Gasteiger charge is 2.17. The number of nitrogens with two attached hydrogens (primary N) is 1. The topological polar surface area (TPSA) is 73.6 Å². The van der Waals surface area contributed by atoms with E-state index in [4.69, 9.17) is 10.5 Å². The van der Waals surface area contributed by atoms with Crippen LogP contribution in [0.5, 0.6) is 5.75 Å². The second-order valence-electron chi connectivity index (χ2n) is 5.07. The quantitative estimate of drug-likeness (QED) is 0.835. The summed E-state index contributed by atoms with van der Waals surface area (Å²) in [6, 6.07) is 4.56. The van der Waals surface area contributed by atoms with Gasteiger partial charge in [0, 0.05) is 12.1 Å². The highest BCUT2D eigenvalue weighted by Crippen LogP contribution is 2.28. The number of carbonyl (C=O) groups excluding carboxylic acids is 1. The fourth-order valence-electron chi connectivity index (χ4n) is 1.46. The van der Waals surface area contributed by atoms with Gasteiger partial charge in [-0.1, -0.05) is 12.1 Å². The van der Waals surface area contributed by atoms with Gasteiger partial charge in [-0.25, -0.2) is 4.79 Å². The zero-order valence-electron chi connectivity index (χ0n) is 11.6. The van der Waals surface area contributed by atoms with Gasteiger partial charge in [-0.3, -0.25) is 0 Å². The second kappa shape index (κ2) is 6.40. The van der Waals surface area contributed by atoms with Gasteiger partial charge in [-0.15, -0.1) is 0 Å². The number of hydrogen-bond donors (Lipinski definition) is 2. The Bertz CT molecular complexity index is 473. The van der Waals surface area contributed by atoms with E-state index in [1.54, 1.807) is 26.8 Å². The van der Waals surface area contributed by atoms with Gasteiger partial charge in [0.1, 0.15) is 5.60 Å². The number of nitrogen functional groups attached to an aromatic ring is 1. The fraction of sp³-hybridized carbons (Fsp3) is 0.462. The molecule has 0 spiro atoms. The van der Waals surface area contributed by atoms with Crippen LogP contribution < -0.4 is 15.8 Å². The first-order chi connectivity index (χ1) is 9.19. The van der Waals surface area contributed by atoms with Gasteiger partial charge in [0.2, 0.25) is 0 Å². The average Bonchev–Trinajstić information content (AvgIpc) is 2.27. The van der Waals surface area contributed by atoms with Crippen molar-refractivity contribution in [3.8, 4) is 5.75 Å². The van der Waals surface area contributed by atoms with E-state index in [9.17, 15) is 13.6 Å². The number of halogens is 2. The molecule has 0 radical (unpaired) electrons. The molecule has 20 heavy (non-hydrogen) atoms. The van der Waals surface area contributed by atoms with Gasteiger partial charge in [0.15, 0.2) is 5.75 Å². The van der Waals surface area contributed by atoms with Crippen LogP contribution >= 0.6 is 0 Å². The number of rotatable bonds is 4. The van der Waals surface area contributed by atoms with Crippen LogP contribution in [0.3, 0.4) is 0 Å². The van der Waals surface area contributed by atoms with Crippen molar-refractivity contribution in [3.05, 3.63) is 23.8 Å². The minimum absolute atomic E-state index is 0.0258. The molecule has 1 rings (SSSR count). The van der Waals surface area contributed by atoms with Crippen LogP contribution in [0.15, 0.2) is 18.2 Å². The molecule has 7 heteroatoms. The molecule has 0 fully saturated rings. The van der Waals surface area contributed by atoms with Crippen molar-refractivity contribution in [3.63, 3.8) is 0 Å². The van der Waals surface area contributed by atoms with Crippen LogP contribution in [0.2, 0.25) is 0 Å². The number of anilines is 1. The first-order valence-corrected chi connectivity index (χ1v) is 5.98. The highest BCUT2D eigenvalue weighted by atomic mass is 19.3. The monoisotopic (exact) mass is 288 g/mol. The van der Waals surface area contributed by atoms with Crippen LogP contribution in [-0.2, 0) is 11.3 Å². The fourth-order valence-corrected chi connectivity index (χ4v) is 1.46. The Balaban J connectivity index is 2.73. The Kier molecular flexibility index (Phi) is 5.12. The lowest BCUT2D eigenvalue weighted by molar-refractivity contribution is -0.0499. The van der Waals surface area contributed by atoms with Gasteiger partial charge >= 0.3 is 12.7 Å². The molecule has 112 valence electrons. The number of ether oxygens (including phenoxy) is 2. The van der Waals surface area contributed by atoms with Gasteiger partial charge in [-0.2, -0.15) is 8.78 Å². The predicted octanol–water partition coefficient (Wildman–Crippen LogP) is 2.89. The van der Waals surface area contributed by atoms with Gasteiger partial charge < -0.3 is 20.5 Å². The molecule has 0 heterocycles. The minimum atomic E-state index is -2.99. The van der Waals surface area contributed by atoms with E-state index in [2.05, 4.69) is 10.1 Å². The third-order valence-electron chi connectivity index (χ3n) is 2.16. The first-order valence-electron chi connectivity index (χ1n) is 5.98. The molecule has 0 saturated carbocycles. The van der Waals surface area contributed by atoms with Crippen LogP contribution in [0.25, 0.3) is 0 Å². The Morgan fingerprint density at radius 1 is 1.40 bits per heavy atom. The SMILES string of the molecule is CC(C)(C)OC(=O)NCc1cccc(N)c1OC(F)F. The van der Waals surface area contributed by atoms with Gasteiger partial charge in [0.25, 0.3) is 0 Å². The molecular formula is C13H18F2N2O3. The lowest BCUT2D eigenvalue weighted by atomic mass is 10.1. The summed E-state index contributed by atoms with van der Waals surface area (Å²) in [5.74, 6) is -0.140. The van der Waals surface area contributed by atoms with E-state index in [0.717, 1.165) is 0 Å². The molecule has 1 amide bonds. The number of carbonyl (C=O) groups is 1.